The first-order valence-corrected chi connectivity index (χ1v) is 6.03. The first-order chi connectivity index (χ1) is 6.79. The molecule has 2 aromatic rings. The zero-order chi connectivity index (χ0) is 9.97. The van der Waals surface area contributed by atoms with Gasteiger partial charge in [0, 0.05) is 22.0 Å². The molecule has 0 aliphatic heterocycles. The van der Waals surface area contributed by atoms with Crippen molar-refractivity contribution in [3.05, 3.63) is 24.3 Å². The first-order valence-electron chi connectivity index (χ1n) is 4.03. The van der Waals surface area contributed by atoms with Gasteiger partial charge in [0.1, 0.15) is 0 Å². The summed E-state index contributed by atoms with van der Waals surface area (Å²) in [6.07, 6.45) is 2.05. The molecule has 0 saturated heterocycles. The highest BCUT2D eigenvalue weighted by Crippen LogP contribution is 2.22. The molecule has 0 aliphatic carbocycles. The molecule has 3 nitrogen and oxygen atoms in total. The highest BCUT2D eigenvalue weighted by molar-refractivity contribution is 7.98. The second-order valence-corrected chi connectivity index (χ2v) is 4.35. The van der Waals surface area contributed by atoms with Gasteiger partial charge in [0.25, 0.3) is 0 Å². The molecule has 0 spiro atoms. The number of hydrogen-bond donors (Lipinski definition) is 1. The predicted octanol–water partition coefficient (Wildman–Crippen LogP) is 2.51. The third kappa shape index (κ3) is 1.88. The van der Waals surface area contributed by atoms with E-state index in [4.69, 9.17) is 5.73 Å². The van der Waals surface area contributed by atoms with Crippen LogP contribution < -0.4 is 5.73 Å². The van der Waals surface area contributed by atoms with Gasteiger partial charge in [0.15, 0.2) is 11.0 Å². The lowest BCUT2D eigenvalue weighted by Gasteiger charge is -1.97. The molecule has 0 amide bonds. The van der Waals surface area contributed by atoms with Crippen LogP contribution in [-0.2, 0) is 0 Å². The van der Waals surface area contributed by atoms with Gasteiger partial charge in [-0.3, -0.25) is 0 Å². The number of nitrogens with zero attached hydrogens (tertiary/aromatic N) is 2. The van der Waals surface area contributed by atoms with Crippen molar-refractivity contribution < 1.29 is 0 Å². The monoisotopic (exact) mass is 223 g/mol. The van der Waals surface area contributed by atoms with Crippen molar-refractivity contribution in [2.45, 2.75) is 4.90 Å². The van der Waals surface area contributed by atoms with Crippen molar-refractivity contribution in [3.63, 3.8) is 0 Å². The quantitative estimate of drug-likeness (QED) is 0.795. The lowest BCUT2D eigenvalue weighted by molar-refractivity contribution is 1.32. The fourth-order valence-corrected chi connectivity index (χ4v) is 1.95. The van der Waals surface area contributed by atoms with E-state index in [1.54, 1.807) is 11.8 Å². The zero-order valence-electron chi connectivity index (χ0n) is 7.60. The van der Waals surface area contributed by atoms with Gasteiger partial charge in [-0.1, -0.05) is 12.1 Å². The van der Waals surface area contributed by atoms with Gasteiger partial charge in [-0.25, -0.2) is 0 Å². The van der Waals surface area contributed by atoms with Crippen molar-refractivity contribution in [2.24, 2.45) is 0 Å². The van der Waals surface area contributed by atoms with Crippen LogP contribution in [0.3, 0.4) is 0 Å². The first kappa shape index (κ1) is 9.48. The van der Waals surface area contributed by atoms with Gasteiger partial charge in [0.05, 0.1) is 0 Å². The Morgan fingerprint density at radius 1 is 1.29 bits per heavy atom. The molecule has 2 rings (SSSR count). The van der Waals surface area contributed by atoms with Gasteiger partial charge in [-0.2, -0.15) is 9.36 Å². The maximum absolute atomic E-state index is 5.51. The van der Waals surface area contributed by atoms with E-state index in [0.29, 0.717) is 11.0 Å². The van der Waals surface area contributed by atoms with Crippen molar-refractivity contribution in [3.8, 4) is 11.4 Å². The summed E-state index contributed by atoms with van der Waals surface area (Å²) in [4.78, 5) is 5.35. The molecule has 14 heavy (non-hydrogen) atoms. The second kappa shape index (κ2) is 3.98. The molecule has 0 bridgehead atoms. The average molecular weight is 223 g/mol. The van der Waals surface area contributed by atoms with Gasteiger partial charge in [0.2, 0.25) is 0 Å². The van der Waals surface area contributed by atoms with Gasteiger partial charge in [-0.05, 0) is 18.4 Å². The third-order valence-electron chi connectivity index (χ3n) is 1.79. The van der Waals surface area contributed by atoms with E-state index in [1.807, 2.05) is 18.4 Å². The summed E-state index contributed by atoms with van der Waals surface area (Å²) in [5.74, 6) is 0.708. The number of rotatable bonds is 2. The zero-order valence-corrected chi connectivity index (χ0v) is 9.23. The summed E-state index contributed by atoms with van der Waals surface area (Å²) < 4.78 is 4.14. The Morgan fingerprint density at radius 2 is 2.00 bits per heavy atom. The Kier molecular flexibility index (Phi) is 2.69. The SMILES string of the molecule is CSc1ccc(-c2nsc(N)n2)cc1. The van der Waals surface area contributed by atoms with Crippen molar-refractivity contribution in [1.82, 2.24) is 9.36 Å². The molecule has 5 heteroatoms. The molecule has 1 heterocycles. The predicted molar refractivity (Wildman–Crippen MR) is 61.5 cm³/mol. The van der Waals surface area contributed by atoms with Crippen LogP contribution in [0.25, 0.3) is 11.4 Å². The number of anilines is 1. The van der Waals surface area contributed by atoms with Crippen LogP contribution in [0.1, 0.15) is 0 Å². The van der Waals surface area contributed by atoms with E-state index < -0.39 is 0 Å². The van der Waals surface area contributed by atoms with E-state index in [-0.39, 0.29) is 0 Å². The molecule has 72 valence electrons. The summed E-state index contributed by atoms with van der Waals surface area (Å²) in [6, 6.07) is 8.12. The summed E-state index contributed by atoms with van der Waals surface area (Å²) in [6.45, 7) is 0. The molecular weight excluding hydrogens is 214 g/mol. The van der Waals surface area contributed by atoms with E-state index in [2.05, 4.69) is 21.5 Å². The molecule has 0 radical (unpaired) electrons. The van der Waals surface area contributed by atoms with E-state index in [1.165, 1.54) is 16.4 Å². The van der Waals surface area contributed by atoms with Gasteiger partial charge < -0.3 is 5.73 Å². The minimum Gasteiger partial charge on any atom is -0.374 e. The number of nitrogen functional groups attached to an aromatic ring is 1. The van der Waals surface area contributed by atoms with Crippen LogP contribution in [-0.4, -0.2) is 15.6 Å². The Bertz CT molecular complexity index is 422. The molecule has 1 aromatic carbocycles. The highest BCUT2D eigenvalue weighted by atomic mass is 32.2. The van der Waals surface area contributed by atoms with Crippen molar-refractivity contribution in [2.75, 3.05) is 12.0 Å². The van der Waals surface area contributed by atoms with E-state index in [9.17, 15) is 0 Å². The average Bonchev–Trinajstić information content (AvgIpc) is 2.65. The lowest BCUT2D eigenvalue weighted by atomic mass is 10.2. The summed E-state index contributed by atoms with van der Waals surface area (Å²) in [5, 5.41) is 0.508. The van der Waals surface area contributed by atoms with Crippen LogP contribution in [0, 0.1) is 0 Å². The summed E-state index contributed by atoms with van der Waals surface area (Å²) in [7, 11) is 0. The van der Waals surface area contributed by atoms with Crippen LogP contribution in [0.2, 0.25) is 0 Å². The Labute approximate surface area is 90.5 Å². The fourth-order valence-electron chi connectivity index (χ4n) is 1.09. The summed E-state index contributed by atoms with van der Waals surface area (Å²) in [5.41, 5.74) is 6.52. The van der Waals surface area contributed by atoms with Crippen LogP contribution in [0.5, 0.6) is 0 Å². The Morgan fingerprint density at radius 3 is 2.50 bits per heavy atom. The largest absolute Gasteiger partial charge is 0.374 e. The number of thioether (sulfide) groups is 1. The van der Waals surface area contributed by atoms with E-state index >= 15 is 0 Å². The third-order valence-corrected chi connectivity index (χ3v) is 3.08. The smallest absolute Gasteiger partial charge is 0.200 e. The standard InChI is InChI=1S/C9H9N3S2/c1-13-7-4-2-6(3-5-7)8-11-9(10)14-12-8/h2-5H,1H3,(H2,10,11,12). The molecule has 0 atom stereocenters. The Balaban J connectivity index is 2.33. The van der Waals surface area contributed by atoms with Gasteiger partial charge in [-0.15, -0.1) is 11.8 Å². The number of hydrogen-bond acceptors (Lipinski definition) is 5. The van der Waals surface area contributed by atoms with Crippen LogP contribution in [0.4, 0.5) is 5.13 Å². The van der Waals surface area contributed by atoms with Crippen LogP contribution >= 0.6 is 23.3 Å². The molecule has 2 N–H and O–H groups in total. The normalized spacial score (nSPS) is 10.4. The number of aromatic nitrogens is 2. The highest BCUT2D eigenvalue weighted by Gasteiger charge is 2.03. The molecule has 1 aromatic heterocycles. The molecule has 0 fully saturated rings. The Hall–Kier alpha value is -1.07. The van der Waals surface area contributed by atoms with Crippen molar-refractivity contribution >= 4 is 28.4 Å². The molecule has 0 aliphatic rings. The minimum atomic E-state index is 0.508. The summed E-state index contributed by atoms with van der Waals surface area (Å²) >= 11 is 2.94. The molecule has 0 saturated carbocycles. The number of benzene rings is 1. The second-order valence-electron chi connectivity index (χ2n) is 2.68. The lowest BCUT2D eigenvalue weighted by Crippen LogP contribution is -1.83. The van der Waals surface area contributed by atoms with E-state index in [0.717, 1.165) is 5.56 Å². The fraction of sp³-hybridized carbons (Fsp3) is 0.111. The van der Waals surface area contributed by atoms with Crippen LogP contribution in [0.15, 0.2) is 29.2 Å². The molecule has 0 unspecified atom stereocenters. The maximum atomic E-state index is 5.51. The topological polar surface area (TPSA) is 51.8 Å². The van der Waals surface area contributed by atoms with Crippen molar-refractivity contribution in [1.29, 1.82) is 0 Å². The van der Waals surface area contributed by atoms with Gasteiger partial charge >= 0.3 is 0 Å². The minimum absolute atomic E-state index is 0.508. The number of nitrogens with two attached hydrogens (primary N) is 1. The molecular formula is C9H9N3S2. The maximum Gasteiger partial charge on any atom is 0.200 e.